The van der Waals surface area contributed by atoms with Crippen molar-refractivity contribution in [3.05, 3.63) is 33.9 Å². The fourth-order valence-electron chi connectivity index (χ4n) is 3.29. The van der Waals surface area contributed by atoms with Gasteiger partial charge < -0.3 is 10.0 Å². The minimum Gasteiger partial charge on any atom is -0.478 e. The Bertz CT molecular complexity index is 580. The number of hydrogen-bond acceptors (Lipinski definition) is 4. The van der Waals surface area contributed by atoms with Crippen molar-refractivity contribution in [2.45, 2.75) is 52.0 Å². The second-order valence-corrected chi connectivity index (χ2v) is 6.60. The fraction of sp³-hybridized carbons (Fsp3) is 0.588. The summed E-state index contributed by atoms with van der Waals surface area (Å²) in [6.45, 7) is 4.95. The molecule has 0 atom stereocenters. The van der Waals surface area contributed by atoms with Gasteiger partial charge in [-0.25, -0.2) is 4.79 Å². The van der Waals surface area contributed by atoms with Crippen molar-refractivity contribution in [2.75, 3.05) is 11.4 Å². The molecule has 0 amide bonds. The lowest BCUT2D eigenvalue weighted by molar-refractivity contribution is -0.384. The molecule has 1 aromatic rings. The Hall–Kier alpha value is -2.11. The molecule has 6 nitrogen and oxygen atoms in total. The van der Waals surface area contributed by atoms with Crippen LogP contribution in [0, 0.1) is 16.0 Å². The van der Waals surface area contributed by atoms with E-state index in [0.29, 0.717) is 17.6 Å². The number of benzene rings is 1. The van der Waals surface area contributed by atoms with Crippen LogP contribution in [0.2, 0.25) is 0 Å². The number of hydrogen-bond donors (Lipinski definition) is 1. The van der Waals surface area contributed by atoms with Crippen LogP contribution < -0.4 is 4.90 Å². The average molecular weight is 320 g/mol. The number of rotatable bonds is 6. The molecule has 0 bridgehead atoms. The van der Waals surface area contributed by atoms with Gasteiger partial charge in [0.05, 0.1) is 16.2 Å². The molecule has 126 valence electrons. The molecule has 1 N–H and O–H groups in total. The highest BCUT2D eigenvalue weighted by Crippen LogP contribution is 2.32. The number of aromatic carboxylic acids is 1. The third-order valence-corrected chi connectivity index (χ3v) is 4.31. The van der Waals surface area contributed by atoms with Crippen LogP contribution in [0.5, 0.6) is 0 Å². The van der Waals surface area contributed by atoms with Crippen LogP contribution in [0.4, 0.5) is 11.4 Å². The van der Waals surface area contributed by atoms with Gasteiger partial charge in [-0.1, -0.05) is 33.1 Å². The second kappa shape index (κ2) is 7.44. The first-order valence-electron chi connectivity index (χ1n) is 8.18. The van der Waals surface area contributed by atoms with Crippen LogP contribution in [0.25, 0.3) is 0 Å². The zero-order valence-corrected chi connectivity index (χ0v) is 13.7. The molecule has 23 heavy (non-hydrogen) atoms. The number of nitro groups is 1. The zero-order chi connectivity index (χ0) is 17.0. The molecule has 0 heterocycles. The molecule has 1 saturated carbocycles. The maximum Gasteiger partial charge on any atom is 0.338 e. The van der Waals surface area contributed by atoms with Crippen molar-refractivity contribution >= 4 is 17.3 Å². The van der Waals surface area contributed by atoms with E-state index in [2.05, 4.69) is 18.7 Å². The van der Waals surface area contributed by atoms with Crippen molar-refractivity contribution in [2.24, 2.45) is 5.92 Å². The molecule has 0 spiro atoms. The van der Waals surface area contributed by atoms with Gasteiger partial charge in [-0.2, -0.15) is 0 Å². The molecule has 1 aliphatic rings. The minimum absolute atomic E-state index is 0.0189. The lowest BCUT2D eigenvalue weighted by atomic mass is 9.92. The van der Waals surface area contributed by atoms with Crippen LogP contribution >= 0.6 is 0 Å². The molecule has 0 aliphatic heterocycles. The largest absolute Gasteiger partial charge is 0.478 e. The molecule has 6 heteroatoms. The summed E-state index contributed by atoms with van der Waals surface area (Å²) in [5.41, 5.74) is 0.438. The third-order valence-electron chi connectivity index (χ3n) is 4.31. The lowest BCUT2D eigenvalue weighted by Crippen LogP contribution is -2.40. The summed E-state index contributed by atoms with van der Waals surface area (Å²) in [5.74, 6) is -0.734. The standard InChI is InChI=1S/C17H24N2O4/c1-12(2)11-18(13-6-4-3-5-7-13)16-9-8-14(19(22)23)10-15(16)17(20)21/h8-10,12-13H,3-7,11H2,1-2H3,(H,20,21). The molecule has 1 fully saturated rings. The van der Waals surface area contributed by atoms with Gasteiger partial charge in [-0.3, -0.25) is 10.1 Å². The predicted molar refractivity (Wildman–Crippen MR) is 89.1 cm³/mol. The fourth-order valence-corrected chi connectivity index (χ4v) is 3.29. The Morgan fingerprint density at radius 3 is 2.52 bits per heavy atom. The van der Waals surface area contributed by atoms with Gasteiger partial charge in [0, 0.05) is 24.7 Å². The first-order chi connectivity index (χ1) is 10.9. The van der Waals surface area contributed by atoms with Gasteiger partial charge in [-0.15, -0.1) is 0 Å². The van der Waals surface area contributed by atoms with Gasteiger partial charge in [0.1, 0.15) is 0 Å². The van der Waals surface area contributed by atoms with Crippen LogP contribution in [-0.4, -0.2) is 28.6 Å². The number of non-ortho nitro benzene ring substituents is 1. The molecule has 1 aliphatic carbocycles. The van der Waals surface area contributed by atoms with E-state index in [9.17, 15) is 20.0 Å². The molecule has 2 rings (SSSR count). The lowest BCUT2D eigenvalue weighted by Gasteiger charge is -2.38. The molecule has 0 aromatic heterocycles. The Balaban J connectivity index is 2.43. The number of carboxylic acid groups (broad SMARTS) is 1. The third kappa shape index (κ3) is 4.21. The van der Waals surface area contributed by atoms with Gasteiger partial charge in [-0.05, 0) is 24.8 Å². The summed E-state index contributed by atoms with van der Waals surface area (Å²) < 4.78 is 0. The number of carbonyl (C=O) groups is 1. The van der Waals surface area contributed by atoms with E-state index in [1.807, 2.05) is 0 Å². The first kappa shape index (κ1) is 17.2. The van der Waals surface area contributed by atoms with E-state index < -0.39 is 10.9 Å². The first-order valence-corrected chi connectivity index (χ1v) is 8.18. The Morgan fingerprint density at radius 2 is 2.00 bits per heavy atom. The number of nitrogens with zero attached hydrogens (tertiary/aromatic N) is 2. The van der Waals surface area contributed by atoms with Crippen molar-refractivity contribution < 1.29 is 14.8 Å². The quantitative estimate of drug-likeness (QED) is 0.630. The summed E-state index contributed by atoms with van der Waals surface area (Å²) in [5, 5.41) is 20.4. The van der Waals surface area contributed by atoms with Crippen molar-refractivity contribution in [3.63, 3.8) is 0 Å². The van der Waals surface area contributed by atoms with E-state index in [4.69, 9.17) is 0 Å². The highest BCUT2D eigenvalue weighted by molar-refractivity contribution is 5.95. The topological polar surface area (TPSA) is 83.7 Å². The van der Waals surface area contributed by atoms with Gasteiger partial charge >= 0.3 is 5.97 Å². The zero-order valence-electron chi connectivity index (χ0n) is 13.7. The smallest absolute Gasteiger partial charge is 0.338 e. The maximum atomic E-state index is 11.6. The van der Waals surface area contributed by atoms with E-state index in [-0.39, 0.29) is 11.3 Å². The van der Waals surface area contributed by atoms with Crippen molar-refractivity contribution in [3.8, 4) is 0 Å². The highest BCUT2D eigenvalue weighted by atomic mass is 16.6. The summed E-state index contributed by atoms with van der Waals surface area (Å²) in [7, 11) is 0. The Kier molecular flexibility index (Phi) is 5.58. The van der Waals surface area contributed by atoms with Gasteiger partial charge in [0.15, 0.2) is 0 Å². The van der Waals surface area contributed by atoms with Crippen molar-refractivity contribution in [1.29, 1.82) is 0 Å². The van der Waals surface area contributed by atoms with Crippen LogP contribution in [0.15, 0.2) is 18.2 Å². The number of anilines is 1. The minimum atomic E-state index is -1.12. The predicted octanol–water partition coefficient (Wildman–Crippen LogP) is 4.09. The molecule has 1 aromatic carbocycles. The highest BCUT2D eigenvalue weighted by Gasteiger charge is 2.27. The molecular formula is C17H24N2O4. The van der Waals surface area contributed by atoms with E-state index in [1.54, 1.807) is 6.07 Å². The van der Waals surface area contributed by atoms with Crippen LogP contribution in [-0.2, 0) is 0 Å². The number of carboxylic acids is 1. The molecule has 0 unspecified atom stereocenters. The summed E-state index contributed by atoms with van der Waals surface area (Å²) in [4.78, 5) is 24.2. The van der Waals surface area contributed by atoms with E-state index >= 15 is 0 Å². The van der Waals surface area contributed by atoms with E-state index in [1.165, 1.54) is 18.6 Å². The van der Waals surface area contributed by atoms with Gasteiger partial charge in [0.2, 0.25) is 0 Å². The summed E-state index contributed by atoms with van der Waals surface area (Å²) in [6, 6.07) is 4.48. The normalized spacial score (nSPS) is 15.6. The summed E-state index contributed by atoms with van der Waals surface area (Å²) >= 11 is 0. The van der Waals surface area contributed by atoms with E-state index in [0.717, 1.165) is 32.2 Å². The Morgan fingerprint density at radius 1 is 1.35 bits per heavy atom. The molecular weight excluding hydrogens is 296 g/mol. The van der Waals surface area contributed by atoms with Crippen LogP contribution in [0.1, 0.15) is 56.3 Å². The van der Waals surface area contributed by atoms with Crippen molar-refractivity contribution in [1.82, 2.24) is 0 Å². The monoisotopic (exact) mass is 320 g/mol. The molecule has 0 radical (unpaired) electrons. The Labute approximate surface area is 136 Å². The maximum absolute atomic E-state index is 11.6. The molecule has 0 saturated heterocycles. The second-order valence-electron chi connectivity index (χ2n) is 6.60. The average Bonchev–Trinajstić information content (AvgIpc) is 2.52. The van der Waals surface area contributed by atoms with Gasteiger partial charge in [0.25, 0.3) is 5.69 Å². The van der Waals surface area contributed by atoms with Crippen LogP contribution in [0.3, 0.4) is 0 Å². The summed E-state index contributed by atoms with van der Waals surface area (Å²) in [6.07, 6.45) is 5.60. The number of nitro benzene ring substituents is 1. The SMILES string of the molecule is CC(C)CN(c1ccc([N+](=O)[O-])cc1C(=O)O)C1CCCCC1.